The Bertz CT molecular complexity index is 346. The van der Waals surface area contributed by atoms with E-state index in [0.29, 0.717) is 4.46 Å². The topological polar surface area (TPSA) is 64.1 Å². The quantitative estimate of drug-likeness (QED) is 0.584. The van der Waals surface area contributed by atoms with E-state index >= 15 is 0 Å². The van der Waals surface area contributed by atoms with E-state index in [2.05, 4.69) is 0 Å². The van der Waals surface area contributed by atoms with Crippen molar-refractivity contribution in [3.63, 3.8) is 0 Å². The Balaban J connectivity index is 3.10. The molecule has 0 aromatic heterocycles. The molecule has 0 aliphatic carbocycles. The molecule has 4 nitrogen and oxygen atoms in total. The summed E-state index contributed by atoms with van der Waals surface area (Å²) in [5.41, 5.74) is 0.152. The van der Waals surface area contributed by atoms with Crippen molar-refractivity contribution < 1.29 is 10.1 Å². The maximum absolute atomic E-state index is 10.5. The second-order valence-electron chi connectivity index (χ2n) is 1.93. The number of nitriles is 1. The van der Waals surface area contributed by atoms with E-state index in [1.54, 1.807) is 18.2 Å². The van der Waals surface area contributed by atoms with Crippen LogP contribution in [-0.2, 0) is 0 Å². The predicted molar refractivity (Wildman–Crippen MR) is 42.5 cm³/mol. The van der Waals surface area contributed by atoms with Crippen molar-refractivity contribution in [3.8, 4) is 4.97 Å². The molecule has 0 saturated carbocycles. The SMILES string of the molecule is N#C[Se]c1ccccc1[N+](=O)O. The van der Waals surface area contributed by atoms with E-state index in [4.69, 9.17) is 10.5 Å². The zero-order chi connectivity index (χ0) is 8.97. The molecule has 0 atom stereocenters. The molecule has 5 heteroatoms. The van der Waals surface area contributed by atoms with Gasteiger partial charge in [0.15, 0.2) is 0 Å². The normalized spacial score (nSPS) is 8.92. The van der Waals surface area contributed by atoms with Crippen molar-refractivity contribution in [2.24, 2.45) is 0 Å². The Morgan fingerprint density at radius 3 is 2.75 bits per heavy atom. The molecule has 0 saturated heterocycles. The van der Waals surface area contributed by atoms with Gasteiger partial charge in [0.25, 0.3) is 0 Å². The van der Waals surface area contributed by atoms with E-state index in [1.807, 2.05) is 4.97 Å². The van der Waals surface area contributed by atoms with E-state index in [9.17, 15) is 4.91 Å². The van der Waals surface area contributed by atoms with Gasteiger partial charge in [0, 0.05) is 0 Å². The summed E-state index contributed by atoms with van der Waals surface area (Å²) in [6.45, 7) is 0. The van der Waals surface area contributed by atoms with Gasteiger partial charge in [-0.3, -0.25) is 0 Å². The van der Waals surface area contributed by atoms with Gasteiger partial charge >= 0.3 is 74.6 Å². The first kappa shape index (κ1) is 8.72. The molecule has 0 unspecified atom stereocenters. The zero-order valence-corrected chi connectivity index (χ0v) is 7.68. The molecule has 0 fully saturated rings. The molecule has 0 aliphatic rings. The Morgan fingerprint density at radius 2 is 2.17 bits per heavy atom. The van der Waals surface area contributed by atoms with Crippen LogP contribution in [0, 0.1) is 15.1 Å². The minimum atomic E-state index is -0.415. The van der Waals surface area contributed by atoms with Gasteiger partial charge < -0.3 is 0 Å². The summed E-state index contributed by atoms with van der Waals surface area (Å²) in [5.74, 6) is 0. The molecule has 1 N–H and O–H groups in total. The predicted octanol–water partition coefficient (Wildman–Crippen LogP) is 0.297. The Hall–Kier alpha value is -1.37. The van der Waals surface area contributed by atoms with Gasteiger partial charge in [-0.1, -0.05) is 0 Å². The van der Waals surface area contributed by atoms with Crippen LogP contribution >= 0.6 is 0 Å². The molecule has 0 amide bonds. The van der Waals surface area contributed by atoms with Gasteiger partial charge in [0.1, 0.15) is 0 Å². The molecule has 12 heavy (non-hydrogen) atoms. The third kappa shape index (κ3) is 1.82. The minimum absolute atomic E-state index is 0.152. The van der Waals surface area contributed by atoms with Gasteiger partial charge in [-0.25, -0.2) is 0 Å². The number of hydrogen-bond acceptors (Lipinski definition) is 2. The summed E-state index contributed by atoms with van der Waals surface area (Å²) in [5, 5.41) is 17.0. The second kappa shape index (κ2) is 3.86. The van der Waals surface area contributed by atoms with Gasteiger partial charge in [-0.05, 0) is 0 Å². The van der Waals surface area contributed by atoms with E-state index in [-0.39, 0.29) is 10.6 Å². The van der Waals surface area contributed by atoms with Crippen molar-refractivity contribution in [2.75, 3.05) is 0 Å². The van der Waals surface area contributed by atoms with Crippen LogP contribution in [0.15, 0.2) is 24.3 Å². The average Bonchev–Trinajstić information content (AvgIpc) is 2.05. The van der Waals surface area contributed by atoms with Crippen LogP contribution in [0.4, 0.5) is 5.69 Å². The third-order valence-electron chi connectivity index (χ3n) is 1.23. The molecule has 1 aromatic rings. The second-order valence-corrected chi connectivity index (χ2v) is 3.67. The summed E-state index contributed by atoms with van der Waals surface area (Å²) in [7, 11) is 0. The maximum atomic E-state index is 10.5. The molecule has 0 heterocycles. The first-order valence-corrected chi connectivity index (χ1v) is 4.78. The van der Waals surface area contributed by atoms with Crippen molar-refractivity contribution >= 4 is 25.1 Å². The molecule has 0 aliphatic heterocycles. The number of para-hydroxylation sites is 1. The fraction of sp³-hybridized carbons (Fsp3) is 0. The Morgan fingerprint density at radius 1 is 1.50 bits per heavy atom. The van der Waals surface area contributed by atoms with Gasteiger partial charge in [0.05, 0.1) is 0 Å². The van der Waals surface area contributed by atoms with Gasteiger partial charge in [0.2, 0.25) is 0 Å². The van der Waals surface area contributed by atoms with Gasteiger partial charge in [-0.15, -0.1) is 0 Å². The molecule has 0 spiro atoms. The third-order valence-corrected chi connectivity index (χ3v) is 2.60. The molecular formula is C7H5N2O2Se+. The van der Waals surface area contributed by atoms with Crippen LogP contribution in [-0.4, -0.2) is 25.1 Å². The summed E-state index contributed by atoms with van der Waals surface area (Å²) >= 11 is -0.415. The summed E-state index contributed by atoms with van der Waals surface area (Å²) in [6.07, 6.45) is 0. The van der Waals surface area contributed by atoms with Crippen LogP contribution < -0.4 is 4.46 Å². The van der Waals surface area contributed by atoms with Gasteiger partial charge in [-0.2, -0.15) is 0 Å². The van der Waals surface area contributed by atoms with Crippen LogP contribution in [0.2, 0.25) is 0 Å². The van der Waals surface area contributed by atoms with Crippen molar-refractivity contribution in [1.29, 1.82) is 5.26 Å². The van der Waals surface area contributed by atoms with Crippen molar-refractivity contribution in [1.82, 2.24) is 0 Å². The van der Waals surface area contributed by atoms with Crippen LogP contribution in [0.5, 0.6) is 0 Å². The molecule has 0 bridgehead atoms. The first-order chi connectivity index (χ1) is 5.75. The van der Waals surface area contributed by atoms with E-state index < -0.39 is 15.0 Å². The Kier molecular flexibility index (Phi) is 2.81. The molecular weight excluding hydrogens is 223 g/mol. The zero-order valence-electron chi connectivity index (χ0n) is 5.97. The monoisotopic (exact) mass is 229 g/mol. The summed E-state index contributed by atoms with van der Waals surface area (Å²) in [4.78, 5) is 12.3. The van der Waals surface area contributed by atoms with Crippen LogP contribution in [0.25, 0.3) is 0 Å². The molecule has 0 radical (unpaired) electrons. The molecule has 1 aromatic carbocycles. The average molecular weight is 228 g/mol. The fourth-order valence-corrected chi connectivity index (χ4v) is 1.79. The summed E-state index contributed by atoms with van der Waals surface area (Å²) in [6, 6.07) is 6.48. The van der Waals surface area contributed by atoms with Crippen LogP contribution in [0.3, 0.4) is 0 Å². The molecule has 1 rings (SSSR count). The Labute approximate surface area is 75.1 Å². The number of rotatable bonds is 2. The number of benzene rings is 1. The standard InChI is InChI=1S/C7H5N2O2Se/c8-5-12-7-4-2-1-3-6(7)9(10)11/h1-4H,(H,10,11)/q+1. The van der Waals surface area contributed by atoms with E-state index in [0.717, 1.165) is 0 Å². The van der Waals surface area contributed by atoms with Crippen molar-refractivity contribution in [3.05, 3.63) is 29.2 Å². The van der Waals surface area contributed by atoms with E-state index in [1.165, 1.54) is 6.07 Å². The number of hydrogen-bond donors (Lipinski definition) is 1. The summed E-state index contributed by atoms with van der Waals surface area (Å²) < 4.78 is 0.588. The first-order valence-electron chi connectivity index (χ1n) is 3.07. The number of nitrogens with zero attached hydrogens (tertiary/aromatic N) is 2. The van der Waals surface area contributed by atoms with Crippen LogP contribution in [0.1, 0.15) is 0 Å². The van der Waals surface area contributed by atoms with Crippen molar-refractivity contribution in [2.45, 2.75) is 0 Å². The fourth-order valence-electron chi connectivity index (χ4n) is 0.751. The molecule has 60 valence electrons.